The minimum Gasteiger partial charge on any atom is -0.464 e. The molecule has 2 heterocycles. The van der Waals surface area contributed by atoms with Crippen LogP contribution in [0.15, 0.2) is 12.2 Å². The first-order valence-corrected chi connectivity index (χ1v) is 14.9. The molecule has 0 spiro atoms. The normalized spacial score (nSPS) is 21.3. The highest BCUT2D eigenvalue weighted by atomic mass is 16.5. The quantitative estimate of drug-likeness (QED) is 0.112. The molecular formula is C30H54N2O3. The predicted molar refractivity (Wildman–Crippen MR) is 145 cm³/mol. The Morgan fingerprint density at radius 2 is 1.49 bits per heavy atom. The van der Waals surface area contributed by atoms with Crippen LogP contribution in [-0.4, -0.2) is 61.0 Å². The van der Waals surface area contributed by atoms with Gasteiger partial charge >= 0.3 is 5.97 Å². The lowest BCUT2D eigenvalue weighted by atomic mass is 9.95. The monoisotopic (exact) mass is 490 g/mol. The molecular weight excluding hydrogens is 436 g/mol. The van der Waals surface area contributed by atoms with Gasteiger partial charge in [0.15, 0.2) is 0 Å². The number of amides is 1. The first-order chi connectivity index (χ1) is 17.1. The molecule has 0 aliphatic carbocycles. The second-order valence-corrected chi connectivity index (χ2v) is 10.8. The predicted octanol–water partition coefficient (Wildman–Crippen LogP) is 6.90. The minimum atomic E-state index is -0.286. The van der Waals surface area contributed by atoms with Crippen molar-refractivity contribution in [2.45, 2.75) is 129 Å². The molecule has 0 saturated carbocycles. The third kappa shape index (κ3) is 12.4. The molecule has 1 amide bonds. The van der Waals surface area contributed by atoms with Crippen LogP contribution < -0.4 is 0 Å². The molecule has 2 fully saturated rings. The van der Waals surface area contributed by atoms with Crippen molar-refractivity contribution in [1.82, 2.24) is 9.80 Å². The van der Waals surface area contributed by atoms with Crippen LogP contribution in [0.5, 0.6) is 0 Å². The van der Waals surface area contributed by atoms with Gasteiger partial charge in [0.05, 0.1) is 5.92 Å². The summed E-state index contributed by atoms with van der Waals surface area (Å²) in [4.78, 5) is 29.2. The van der Waals surface area contributed by atoms with E-state index in [0.29, 0.717) is 13.0 Å². The van der Waals surface area contributed by atoms with Gasteiger partial charge in [0.2, 0.25) is 5.91 Å². The van der Waals surface area contributed by atoms with E-state index in [1.807, 2.05) is 7.05 Å². The first kappa shape index (κ1) is 29.9. The molecule has 2 saturated heterocycles. The molecule has 0 bridgehead atoms. The Bertz CT molecular complexity index is 600. The molecule has 0 N–H and O–H groups in total. The van der Waals surface area contributed by atoms with E-state index in [1.54, 1.807) is 4.90 Å². The number of carbonyl (C=O) groups is 2. The van der Waals surface area contributed by atoms with E-state index in [0.717, 1.165) is 32.5 Å². The van der Waals surface area contributed by atoms with Crippen LogP contribution in [0.2, 0.25) is 0 Å². The van der Waals surface area contributed by atoms with Crippen LogP contribution in [0, 0.1) is 5.92 Å². The largest absolute Gasteiger partial charge is 0.464 e. The fraction of sp³-hybridized carbons (Fsp3) is 0.867. The lowest BCUT2D eigenvalue weighted by molar-refractivity contribution is -0.150. The molecule has 2 aliphatic rings. The molecule has 2 rings (SSSR count). The SMILES string of the molecule is CCCCCCCC/C=C\CCCCCCC[C@@H]1[C@@H](C(=O)OCCN2CCCCC2)CC(=O)N1C. The number of allylic oxidation sites excluding steroid dienone is 2. The summed E-state index contributed by atoms with van der Waals surface area (Å²) in [7, 11) is 1.85. The minimum absolute atomic E-state index is 0.00916. The Kier molecular flexibility index (Phi) is 16.1. The molecule has 5 heteroatoms. The van der Waals surface area contributed by atoms with Crippen molar-refractivity contribution >= 4 is 11.9 Å². The van der Waals surface area contributed by atoms with E-state index in [2.05, 4.69) is 24.0 Å². The van der Waals surface area contributed by atoms with E-state index in [-0.39, 0.29) is 23.8 Å². The van der Waals surface area contributed by atoms with Crippen molar-refractivity contribution in [1.29, 1.82) is 0 Å². The molecule has 0 radical (unpaired) electrons. The van der Waals surface area contributed by atoms with Gasteiger partial charge < -0.3 is 9.64 Å². The summed E-state index contributed by atoms with van der Waals surface area (Å²) in [5, 5.41) is 0. The number of carbonyl (C=O) groups excluding carboxylic acids is 2. The first-order valence-electron chi connectivity index (χ1n) is 14.9. The number of unbranched alkanes of at least 4 members (excludes halogenated alkanes) is 11. The zero-order chi connectivity index (χ0) is 25.1. The second kappa shape index (κ2) is 18.8. The second-order valence-electron chi connectivity index (χ2n) is 10.8. The van der Waals surface area contributed by atoms with Crippen LogP contribution in [0.3, 0.4) is 0 Å². The van der Waals surface area contributed by atoms with Gasteiger partial charge in [-0.3, -0.25) is 14.5 Å². The van der Waals surface area contributed by atoms with Crippen molar-refractivity contribution in [2.24, 2.45) is 5.92 Å². The molecule has 0 aromatic rings. The summed E-state index contributed by atoms with van der Waals surface area (Å²) >= 11 is 0. The van der Waals surface area contributed by atoms with E-state index in [4.69, 9.17) is 4.74 Å². The average molecular weight is 491 g/mol. The van der Waals surface area contributed by atoms with Gasteiger partial charge in [0, 0.05) is 26.1 Å². The summed E-state index contributed by atoms with van der Waals surface area (Å²) in [6, 6.07) is 0.00916. The van der Waals surface area contributed by atoms with Gasteiger partial charge in [-0.25, -0.2) is 0 Å². The fourth-order valence-electron chi connectivity index (χ4n) is 5.55. The Labute approximate surface area is 216 Å². The molecule has 2 aliphatic heterocycles. The maximum Gasteiger partial charge on any atom is 0.311 e. The highest BCUT2D eigenvalue weighted by molar-refractivity contribution is 5.87. The highest BCUT2D eigenvalue weighted by Crippen LogP contribution is 2.29. The molecule has 202 valence electrons. The lowest BCUT2D eigenvalue weighted by Crippen LogP contribution is -2.37. The molecule has 5 nitrogen and oxygen atoms in total. The highest BCUT2D eigenvalue weighted by Gasteiger charge is 2.42. The van der Waals surface area contributed by atoms with E-state index in [9.17, 15) is 9.59 Å². The molecule has 0 aromatic carbocycles. The van der Waals surface area contributed by atoms with Crippen molar-refractivity contribution in [2.75, 3.05) is 33.3 Å². The Morgan fingerprint density at radius 3 is 2.14 bits per heavy atom. The Morgan fingerprint density at radius 1 is 0.886 bits per heavy atom. The van der Waals surface area contributed by atoms with Gasteiger partial charge in [-0.1, -0.05) is 83.3 Å². The summed E-state index contributed by atoms with van der Waals surface area (Å²) in [6.45, 7) is 5.76. The van der Waals surface area contributed by atoms with Gasteiger partial charge in [-0.05, 0) is 58.0 Å². The van der Waals surface area contributed by atoms with Gasteiger partial charge in [0.25, 0.3) is 0 Å². The zero-order valence-electron chi connectivity index (χ0n) is 23.0. The van der Waals surface area contributed by atoms with Gasteiger partial charge in [-0.15, -0.1) is 0 Å². The summed E-state index contributed by atoms with van der Waals surface area (Å²) in [5.41, 5.74) is 0. The van der Waals surface area contributed by atoms with Crippen LogP contribution in [0.1, 0.15) is 122 Å². The van der Waals surface area contributed by atoms with Gasteiger partial charge in [0.1, 0.15) is 6.61 Å². The Hall–Kier alpha value is -1.36. The van der Waals surface area contributed by atoms with Crippen LogP contribution in [0.25, 0.3) is 0 Å². The number of hydrogen-bond donors (Lipinski definition) is 0. The smallest absolute Gasteiger partial charge is 0.311 e. The van der Waals surface area contributed by atoms with E-state index < -0.39 is 0 Å². The third-order valence-electron chi connectivity index (χ3n) is 7.91. The molecule has 0 unspecified atom stereocenters. The molecule has 2 atom stereocenters. The molecule has 0 aromatic heterocycles. The number of likely N-dealkylation sites (tertiary alicyclic amines) is 2. The number of rotatable bonds is 19. The van der Waals surface area contributed by atoms with Crippen LogP contribution >= 0.6 is 0 Å². The van der Waals surface area contributed by atoms with E-state index in [1.165, 1.54) is 96.3 Å². The summed E-state index contributed by atoms with van der Waals surface area (Å²) in [5.74, 6) is -0.371. The number of hydrogen-bond acceptors (Lipinski definition) is 4. The van der Waals surface area contributed by atoms with Crippen LogP contribution in [0.4, 0.5) is 0 Å². The number of nitrogens with zero attached hydrogens (tertiary/aromatic N) is 2. The third-order valence-corrected chi connectivity index (χ3v) is 7.91. The van der Waals surface area contributed by atoms with Crippen molar-refractivity contribution in [3.63, 3.8) is 0 Å². The lowest BCUT2D eigenvalue weighted by Gasteiger charge is -2.27. The van der Waals surface area contributed by atoms with Crippen molar-refractivity contribution < 1.29 is 14.3 Å². The van der Waals surface area contributed by atoms with Crippen LogP contribution in [-0.2, 0) is 14.3 Å². The summed E-state index contributed by atoms with van der Waals surface area (Å²) in [6.07, 6.45) is 26.4. The molecule has 35 heavy (non-hydrogen) atoms. The number of ether oxygens (including phenoxy) is 1. The standard InChI is InChI=1S/C30H54N2O3/c1-3-4-5-6-7-8-9-10-11-12-13-14-15-16-18-21-28-27(26-29(33)31(28)2)30(34)35-25-24-32-22-19-17-20-23-32/h10-11,27-28H,3-9,12-26H2,1-2H3/b11-10-/t27-,28+/m0/s1. The van der Waals surface area contributed by atoms with E-state index >= 15 is 0 Å². The van der Waals surface area contributed by atoms with Gasteiger partial charge in [-0.2, -0.15) is 0 Å². The maximum atomic E-state index is 12.7. The number of piperidine rings is 1. The maximum absolute atomic E-state index is 12.7. The fourth-order valence-corrected chi connectivity index (χ4v) is 5.55. The topological polar surface area (TPSA) is 49.9 Å². The average Bonchev–Trinajstić information content (AvgIpc) is 3.15. The number of esters is 1. The zero-order valence-corrected chi connectivity index (χ0v) is 23.0. The van der Waals surface area contributed by atoms with Crippen molar-refractivity contribution in [3.8, 4) is 0 Å². The summed E-state index contributed by atoms with van der Waals surface area (Å²) < 4.78 is 5.62. The Balaban J connectivity index is 1.51. The van der Waals surface area contributed by atoms with Crippen molar-refractivity contribution in [3.05, 3.63) is 12.2 Å².